The molecular formula is C18H21N3. The van der Waals surface area contributed by atoms with Gasteiger partial charge in [0.2, 0.25) is 0 Å². The minimum Gasteiger partial charge on any atom is -0.352 e. The van der Waals surface area contributed by atoms with Crippen LogP contribution < -0.4 is 0 Å². The molecule has 0 spiro atoms. The van der Waals surface area contributed by atoms with Crippen molar-refractivity contribution in [3.63, 3.8) is 0 Å². The van der Waals surface area contributed by atoms with Crippen LogP contribution in [0.4, 0.5) is 0 Å². The lowest BCUT2D eigenvalue weighted by Gasteiger charge is -2.15. The van der Waals surface area contributed by atoms with E-state index in [1.165, 1.54) is 12.8 Å². The zero-order valence-electron chi connectivity index (χ0n) is 12.7. The maximum atomic E-state index is 4.67. The predicted octanol–water partition coefficient (Wildman–Crippen LogP) is 4.49. The highest BCUT2D eigenvalue weighted by molar-refractivity contribution is 5.65. The molecule has 3 nitrogen and oxygen atoms in total. The number of aromatic nitrogens is 3. The van der Waals surface area contributed by atoms with Crippen molar-refractivity contribution in [3.8, 4) is 22.8 Å². The Kier molecular flexibility index (Phi) is 4.00. The molecule has 0 aromatic heterocycles. The average molecular weight is 279 g/mol. The molecule has 0 fully saturated rings. The van der Waals surface area contributed by atoms with Crippen LogP contribution in [0.25, 0.3) is 22.8 Å². The molecule has 21 heavy (non-hydrogen) atoms. The third-order valence-corrected chi connectivity index (χ3v) is 4.08. The molecule has 0 radical (unpaired) electrons. The van der Waals surface area contributed by atoms with Crippen LogP contribution in [0.1, 0.15) is 26.7 Å². The van der Waals surface area contributed by atoms with Gasteiger partial charge in [-0.05, 0) is 12.0 Å². The van der Waals surface area contributed by atoms with Crippen molar-refractivity contribution in [3.05, 3.63) is 48.8 Å². The third kappa shape index (κ3) is 2.97. The van der Waals surface area contributed by atoms with E-state index in [0.717, 1.165) is 35.2 Å². The molecule has 2 aliphatic rings. The first-order valence-electron chi connectivity index (χ1n) is 7.69. The minimum atomic E-state index is 0.726. The van der Waals surface area contributed by atoms with Crippen LogP contribution in [-0.2, 0) is 6.54 Å². The quantitative estimate of drug-likeness (QED) is 0.689. The van der Waals surface area contributed by atoms with Gasteiger partial charge in [-0.3, -0.25) is 0 Å². The molecule has 0 unspecified atom stereocenters. The lowest BCUT2D eigenvalue weighted by molar-refractivity contribution is 0.417. The van der Waals surface area contributed by atoms with E-state index in [1.54, 1.807) is 0 Å². The van der Waals surface area contributed by atoms with Crippen molar-refractivity contribution in [2.24, 2.45) is 5.92 Å². The van der Waals surface area contributed by atoms with E-state index in [4.69, 9.17) is 0 Å². The minimum absolute atomic E-state index is 0.726. The molecule has 0 saturated carbocycles. The molecule has 0 bridgehead atoms. The summed E-state index contributed by atoms with van der Waals surface area (Å²) in [5.74, 6) is 1.54. The SMILES string of the molecule is CCC(CC)Cn1ccc2nc(-c3ccccc3)nc-2c1. The Balaban J connectivity index is 1.91. The Morgan fingerprint density at radius 3 is 2.38 bits per heavy atom. The molecule has 3 heteroatoms. The number of benzene rings is 1. The van der Waals surface area contributed by atoms with E-state index in [9.17, 15) is 0 Å². The maximum Gasteiger partial charge on any atom is 0.160 e. The Labute approximate surface area is 126 Å². The molecule has 0 N–H and O–H groups in total. The first-order valence-corrected chi connectivity index (χ1v) is 7.69. The van der Waals surface area contributed by atoms with Gasteiger partial charge in [-0.25, -0.2) is 9.97 Å². The van der Waals surface area contributed by atoms with Gasteiger partial charge in [-0.1, -0.05) is 57.0 Å². The molecule has 0 saturated heterocycles. The Bertz CT molecular complexity index is 668. The average Bonchev–Trinajstić information content (AvgIpc) is 2.96. The summed E-state index contributed by atoms with van der Waals surface area (Å²) in [7, 11) is 0. The molecule has 2 heterocycles. The number of imidazole rings is 1. The number of pyridine rings is 1. The van der Waals surface area contributed by atoms with E-state index >= 15 is 0 Å². The maximum absolute atomic E-state index is 4.67. The zero-order chi connectivity index (χ0) is 14.7. The van der Waals surface area contributed by atoms with Crippen molar-refractivity contribution < 1.29 is 0 Å². The summed E-state index contributed by atoms with van der Waals surface area (Å²) in [5.41, 5.74) is 3.01. The van der Waals surface area contributed by atoms with Gasteiger partial charge in [0.15, 0.2) is 5.82 Å². The molecule has 3 rings (SSSR count). The van der Waals surface area contributed by atoms with Gasteiger partial charge in [0.25, 0.3) is 0 Å². The van der Waals surface area contributed by atoms with Crippen molar-refractivity contribution in [2.45, 2.75) is 33.2 Å². The highest BCUT2D eigenvalue weighted by Gasteiger charge is 2.13. The normalized spacial score (nSPS) is 11.4. The Morgan fingerprint density at radius 2 is 1.67 bits per heavy atom. The van der Waals surface area contributed by atoms with Gasteiger partial charge in [0.1, 0.15) is 5.69 Å². The lowest BCUT2D eigenvalue weighted by Crippen LogP contribution is -2.09. The summed E-state index contributed by atoms with van der Waals surface area (Å²) in [6, 6.07) is 12.2. The first kappa shape index (κ1) is 13.8. The molecule has 0 amide bonds. The standard InChI is InChI=1S/C18H21N3/c1-3-14(4-2)12-21-11-10-16-17(13-21)20-18(19-16)15-8-6-5-7-9-15/h5-11,13-14H,3-4,12H2,1-2H3. The summed E-state index contributed by atoms with van der Waals surface area (Å²) in [5, 5.41) is 0. The fourth-order valence-corrected chi connectivity index (χ4v) is 2.63. The van der Waals surface area contributed by atoms with E-state index in [0.29, 0.717) is 0 Å². The second-order valence-electron chi connectivity index (χ2n) is 5.51. The molecule has 1 aromatic rings. The van der Waals surface area contributed by atoms with E-state index < -0.39 is 0 Å². The van der Waals surface area contributed by atoms with Gasteiger partial charge in [0.05, 0.1) is 5.69 Å². The summed E-state index contributed by atoms with van der Waals surface area (Å²) in [6.45, 7) is 5.56. The fourth-order valence-electron chi connectivity index (χ4n) is 2.63. The smallest absolute Gasteiger partial charge is 0.160 e. The van der Waals surface area contributed by atoms with E-state index in [1.807, 2.05) is 30.3 Å². The largest absolute Gasteiger partial charge is 0.352 e. The molecule has 1 aromatic carbocycles. The molecular weight excluding hydrogens is 258 g/mol. The molecule has 0 aliphatic carbocycles. The van der Waals surface area contributed by atoms with Crippen LogP contribution >= 0.6 is 0 Å². The second-order valence-corrected chi connectivity index (χ2v) is 5.51. The van der Waals surface area contributed by atoms with Crippen molar-refractivity contribution in [2.75, 3.05) is 0 Å². The van der Waals surface area contributed by atoms with Crippen LogP contribution in [0.5, 0.6) is 0 Å². The highest BCUT2D eigenvalue weighted by Crippen LogP contribution is 2.24. The zero-order valence-corrected chi connectivity index (χ0v) is 12.7. The second kappa shape index (κ2) is 6.08. The molecule has 108 valence electrons. The summed E-state index contributed by atoms with van der Waals surface area (Å²) in [4.78, 5) is 9.29. The Morgan fingerprint density at radius 1 is 0.952 bits per heavy atom. The first-order chi connectivity index (χ1) is 10.3. The van der Waals surface area contributed by atoms with Gasteiger partial charge in [-0.15, -0.1) is 0 Å². The van der Waals surface area contributed by atoms with Gasteiger partial charge in [-0.2, -0.15) is 0 Å². The van der Waals surface area contributed by atoms with E-state index in [2.05, 4.69) is 46.8 Å². The number of nitrogens with zero attached hydrogens (tertiary/aromatic N) is 3. The fraction of sp³-hybridized carbons (Fsp3) is 0.333. The molecule has 2 aliphatic heterocycles. The summed E-state index contributed by atoms with van der Waals surface area (Å²) in [6.07, 6.45) is 6.66. The topological polar surface area (TPSA) is 30.7 Å². The van der Waals surface area contributed by atoms with Crippen LogP contribution in [0, 0.1) is 5.92 Å². The molecule has 0 atom stereocenters. The Hall–Kier alpha value is -2.16. The van der Waals surface area contributed by atoms with Crippen molar-refractivity contribution in [1.29, 1.82) is 0 Å². The predicted molar refractivity (Wildman–Crippen MR) is 86.2 cm³/mol. The van der Waals surface area contributed by atoms with Crippen LogP contribution in [-0.4, -0.2) is 14.5 Å². The van der Waals surface area contributed by atoms with Gasteiger partial charge < -0.3 is 4.57 Å². The third-order valence-electron chi connectivity index (χ3n) is 4.08. The lowest BCUT2D eigenvalue weighted by atomic mass is 10.0. The summed E-state index contributed by atoms with van der Waals surface area (Å²) < 4.78 is 2.24. The number of hydrogen-bond acceptors (Lipinski definition) is 2. The van der Waals surface area contributed by atoms with Crippen LogP contribution in [0.3, 0.4) is 0 Å². The van der Waals surface area contributed by atoms with Crippen molar-refractivity contribution in [1.82, 2.24) is 14.5 Å². The number of fused-ring (bicyclic) bond motifs is 1. The highest BCUT2D eigenvalue weighted by atomic mass is 15.0. The van der Waals surface area contributed by atoms with Gasteiger partial charge in [0, 0.05) is 24.5 Å². The van der Waals surface area contributed by atoms with Crippen molar-refractivity contribution >= 4 is 0 Å². The van der Waals surface area contributed by atoms with Gasteiger partial charge >= 0.3 is 0 Å². The summed E-state index contributed by atoms with van der Waals surface area (Å²) >= 11 is 0. The number of hydrogen-bond donors (Lipinski definition) is 0. The van der Waals surface area contributed by atoms with Crippen LogP contribution in [0.15, 0.2) is 48.8 Å². The van der Waals surface area contributed by atoms with E-state index in [-0.39, 0.29) is 0 Å². The number of rotatable bonds is 5. The monoisotopic (exact) mass is 279 g/mol. The van der Waals surface area contributed by atoms with Crippen LogP contribution in [0.2, 0.25) is 0 Å².